The van der Waals surface area contributed by atoms with Crippen LogP contribution in [0.1, 0.15) is 15.9 Å². The first kappa shape index (κ1) is 13.1. The van der Waals surface area contributed by atoms with E-state index in [0.29, 0.717) is 5.56 Å². The van der Waals surface area contributed by atoms with Crippen LogP contribution in [0.4, 0.5) is 15.8 Å². The Bertz CT molecular complexity index is 625. The van der Waals surface area contributed by atoms with E-state index in [4.69, 9.17) is 5.73 Å². The SMILES string of the molecule is Cc1ccccc1N(C)C(=O)c1ccc(F)c(N)c1. The summed E-state index contributed by atoms with van der Waals surface area (Å²) in [7, 11) is 1.68. The van der Waals surface area contributed by atoms with Crippen LogP contribution in [0.2, 0.25) is 0 Å². The van der Waals surface area contributed by atoms with Crippen LogP contribution >= 0.6 is 0 Å². The Balaban J connectivity index is 2.34. The standard InChI is InChI=1S/C15H15FN2O/c1-10-5-3-4-6-14(10)18(2)15(19)11-7-8-12(16)13(17)9-11/h3-9H,17H2,1-2H3. The smallest absolute Gasteiger partial charge is 0.258 e. The lowest BCUT2D eigenvalue weighted by molar-refractivity contribution is 0.0993. The summed E-state index contributed by atoms with van der Waals surface area (Å²) in [5, 5.41) is 0. The van der Waals surface area contributed by atoms with Gasteiger partial charge in [-0.25, -0.2) is 4.39 Å². The quantitative estimate of drug-likeness (QED) is 0.842. The number of halogens is 1. The number of carbonyl (C=O) groups excluding carboxylic acids is 1. The first-order valence-electron chi connectivity index (χ1n) is 5.89. The molecule has 0 spiro atoms. The topological polar surface area (TPSA) is 46.3 Å². The molecule has 98 valence electrons. The number of hydrogen-bond acceptors (Lipinski definition) is 2. The third kappa shape index (κ3) is 2.57. The third-order valence-electron chi connectivity index (χ3n) is 3.02. The van der Waals surface area contributed by atoms with E-state index in [1.54, 1.807) is 7.05 Å². The van der Waals surface area contributed by atoms with Crippen molar-refractivity contribution in [3.63, 3.8) is 0 Å². The van der Waals surface area contributed by atoms with Crippen molar-refractivity contribution in [2.75, 3.05) is 17.7 Å². The summed E-state index contributed by atoms with van der Waals surface area (Å²) in [6.07, 6.45) is 0. The minimum absolute atomic E-state index is 0.0240. The Labute approximate surface area is 111 Å². The predicted octanol–water partition coefficient (Wildman–Crippen LogP) is 2.99. The molecule has 0 aliphatic carbocycles. The van der Waals surface area contributed by atoms with Gasteiger partial charge in [0.25, 0.3) is 5.91 Å². The van der Waals surface area contributed by atoms with Gasteiger partial charge in [0.2, 0.25) is 0 Å². The normalized spacial score (nSPS) is 10.3. The molecule has 0 radical (unpaired) electrons. The molecule has 0 atom stereocenters. The highest BCUT2D eigenvalue weighted by molar-refractivity contribution is 6.06. The minimum Gasteiger partial charge on any atom is -0.396 e. The van der Waals surface area contributed by atoms with Crippen LogP contribution in [-0.2, 0) is 0 Å². The molecule has 0 unspecified atom stereocenters. The summed E-state index contributed by atoms with van der Waals surface area (Å²) in [4.78, 5) is 13.8. The summed E-state index contributed by atoms with van der Waals surface area (Å²) >= 11 is 0. The highest BCUT2D eigenvalue weighted by Crippen LogP contribution is 2.21. The van der Waals surface area contributed by atoms with Gasteiger partial charge in [0.05, 0.1) is 5.69 Å². The van der Waals surface area contributed by atoms with Gasteiger partial charge in [-0.05, 0) is 36.8 Å². The van der Waals surface area contributed by atoms with E-state index in [1.165, 1.54) is 23.1 Å². The summed E-state index contributed by atoms with van der Waals surface area (Å²) in [6, 6.07) is 11.6. The molecule has 0 aliphatic heterocycles. The Morgan fingerprint density at radius 2 is 1.89 bits per heavy atom. The van der Waals surface area contributed by atoms with E-state index >= 15 is 0 Å². The fourth-order valence-corrected chi connectivity index (χ4v) is 1.92. The number of benzene rings is 2. The molecule has 2 aromatic rings. The van der Waals surface area contributed by atoms with Crippen molar-refractivity contribution in [1.29, 1.82) is 0 Å². The Morgan fingerprint density at radius 3 is 2.53 bits per heavy atom. The highest BCUT2D eigenvalue weighted by atomic mass is 19.1. The fraction of sp³-hybridized carbons (Fsp3) is 0.133. The lowest BCUT2D eigenvalue weighted by Crippen LogP contribution is -2.27. The molecule has 4 heteroatoms. The average molecular weight is 258 g/mol. The molecule has 0 aromatic heterocycles. The van der Waals surface area contributed by atoms with Crippen molar-refractivity contribution in [3.8, 4) is 0 Å². The zero-order valence-electron chi connectivity index (χ0n) is 10.9. The van der Waals surface area contributed by atoms with Gasteiger partial charge in [-0.2, -0.15) is 0 Å². The lowest BCUT2D eigenvalue weighted by atomic mass is 10.1. The van der Waals surface area contributed by atoms with Gasteiger partial charge in [-0.3, -0.25) is 4.79 Å². The van der Waals surface area contributed by atoms with E-state index in [0.717, 1.165) is 11.3 Å². The van der Waals surface area contributed by atoms with Gasteiger partial charge in [0.15, 0.2) is 0 Å². The number of anilines is 2. The number of carbonyl (C=O) groups is 1. The molecule has 2 rings (SSSR count). The maximum Gasteiger partial charge on any atom is 0.258 e. The highest BCUT2D eigenvalue weighted by Gasteiger charge is 2.15. The lowest BCUT2D eigenvalue weighted by Gasteiger charge is -2.19. The maximum absolute atomic E-state index is 13.1. The molecular formula is C15H15FN2O. The van der Waals surface area contributed by atoms with Crippen LogP contribution in [0.25, 0.3) is 0 Å². The van der Waals surface area contributed by atoms with Gasteiger partial charge >= 0.3 is 0 Å². The number of nitrogen functional groups attached to an aromatic ring is 1. The first-order valence-corrected chi connectivity index (χ1v) is 5.89. The second-order valence-corrected chi connectivity index (χ2v) is 4.39. The molecule has 0 saturated heterocycles. The number of aryl methyl sites for hydroxylation is 1. The van der Waals surface area contributed by atoms with Crippen LogP contribution < -0.4 is 10.6 Å². The van der Waals surface area contributed by atoms with Crippen molar-refractivity contribution in [3.05, 3.63) is 59.4 Å². The molecule has 0 fully saturated rings. The van der Waals surface area contributed by atoms with Crippen LogP contribution in [0.3, 0.4) is 0 Å². The molecule has 1 amide bonds. The maximum atomic E-state index is 13.1. The van der Waals surface area contributed by atoms with Gasteiger partial charge < -0.3 is 10.6 Å². The summed E-state index contributed by atoms with van der Waals surface area (Å²) in [5.41, 5.74) is 7.63. The van der Waals surface area contributed by atoms with Gasteiger partial charge in [-0.1, -0.05) is 18.2 Å². The van der Waals surface area contributed by atoms with Crippen molar-refractivity contribution >= 4 is 17.3 Å². The minimum atomic E-state index is -0.518. The summed E-state index contributed by atoms with van der Waals surface area (Å²) in [5.74, 6) is -0.740. The monoisotopic (exact) mass is 258 g/mol. The number of nitrogens with two attached hydrogens (primary N) is 1. The average Bonchev–Trinajstić information content (AvgIpc) is 2.41. The van der Waals surface area contributed by atoms with E-state index in [1.807, 2.05) is 31.2 Å². The van der Waals surface area contributed by atoms with Crippen molar-refractivity contribution in [2.24, 2.45) is 0 Å². The van der Waals surface area contributed by atoms with Crippen molar-refractivity contribution in [1.82, 2.24) is 0 Å². The van der Waals surface area contributed by atoms with Gasteiger partial charge in [-0.15, -0.1) is 0 Å². The fourth-order valence-electron chi connectivity index (χ4n) is 1.92. The van der Waals surface area contributed by atoms with E-state index in [9.17, 15) is 9.18 Å². The second-order valence-electron chi connectivity index (χ2n) is 4.39. The molecule has 0 aliphatic rings. The molecule has 0 bridgehead atoms. The van der Waals surface area contributed by atoms with Crippen molar-refractivity contribution in [2.45, 2.75) is 6.92 Å². The Kier molecular flexibility index (Phi) is 3.51. The summed E-state index contributed by atoms with van der Waals surface area (Å²) in [6.45, 7) is 1.93. The molecule has 0 saturated carbocycles. The number of rotatable bonds is 2. The number of para-hydroxylation sites is 1. The molecule has 0 heterocycles. The largest absolute Gasteiger partial charge is 0.396 e. The molecule has 19 heavy (non-hydrogen) atoms. The van der Waals surface area contributed by atoms with Crippen LogP contribution in [0.5, 0.6) is 0 Å². The number of nitrogens with zero attached hydrogens (tertiary/aromatic N) is 1. The van der Waals surface area contributed by atoms with Crippen LogP contribution in [0.15, 0.2) is 42.5 Å². The molecule has 2 N–H and O–H groups in total. The van der Waals surface area contributed by atoms with E-state index in [2.05, 4.69) is 0 Å². The van der Waals surface area contributed by atoms with Crippen LogP contribution in [-0.4, -0.2) is 13.0 Å². The van der Waals surface area contributed by atoms with Crippen molar-refractivity contribution < 1.29 is 9.18 Å². The first-order chi connectivity index (χ1) is 9.00. The number of amides is 1. The van der Waals surface area contributed by atoms with Crippen LogP contribution in [0, 0.1) is 12.7 Å². The van der Waals surface area contributed by atoms with E-state index < -0.39 is 5.82 Å². The molecule has 2 aromatic carbocycles. The third-order valence-corrected chi connectivity index (χ3v) is 3.02. The Morgan fingerprint density at radius 1 is 1.21 bits per heavy atom. The predicted molar refractivity (Wildman–Crippen MR) is 74.7 cm³/mol. The van der Waals surface area contributed by atoms with Gasteiger partial charge in [0, 0.05) is 18.3 Å². The zero-order valence-corrected chi connectivity index (χ0v) is 10.9. The number of hydrogen-bond donors (Lipinski definition) is 1. The second kappa shape index (κ2) is 5.10. The zero-order chi connectivity index (χ0) is 14.0. The van der Waals surface area contributed by atoms with E-state index in [-0.39, 0.29) is 11.6 Å². The molecule has 3 nitrogen and oxygen atoms in total. The summed E-state index contributed by atoms with van der Waals surface area (Å²) < 4.78 is 13.1. The Hall–Kier alpha value is -2.36. The molecular weight excluding hydrogens is 243 g/mol. The van der Waals surface area contributed by atoms with Gasteiger partial charge in [0.1, 0.15) is 5.82 Å².